The minimum Gasteiger partial charge on any atom is -0.363 e. The van der Waals surface area contributed by atoms with Crippen LogP contribution in [0.4, 0.5) is 0 Å². The van der Waals surface area contributed by atoms with Crippen LogP contribution in [-0.2, 0) is 13.1 Å². The summed E-state index contributed by atoms with van der Waals surface area (Å²) in [5, 5.41) is 4.29. The van der Waals surface area contributed by atoms with Gasteiger partial charge in [-0.15, -0.1) is 12.4 Å². The molecule has 0 bridgehead atoms. The lowest BCUT2D eigenvalue weighted by molar-refractivity contribution is 0.299. The molecule has 148 valence electrons. The van der Waals surface area contributed by atoms with Crippen LogP contribution in [0.15, 0.2) is 60.7 Å². The summed E-state index contributed by atoms with van der Waals surface area (Å²) >= 11 is 5.71. The van der Waals surface area contributed by atoms with E-state index >= 15 is 0 Å². The van der Waals surface area contributed by atoms with E-state index in [0.717, 1.165) is 50.8 Å². The fraction of sp³-hybridized carbons (Fsp3) is 0.409. The number of nitrogens with zero attached hydrogens (tertiary/aromatic N) is 2. The van der Waals surface area contributed by atoms with Crippen LogP contribution in [0.25, 0.3) is 0 Å². The van der Waals surface area contributed by atoms with Crippen molar-refractivity contribution in [1.29, 1.82) is 0 Å². The van der Waals surface area contributed by atoms with Crippen molar-refractivity contribution in [3.05, 3.63) is 71.8 Å². The Morgan fingerprint density at radius 3 is 1.78 bits per heavy atom. The third-order valence-electron chi connectivity index (χ3n) is 4.54. The Morgan fingerprint density at radius 1 is 0.852 bits per heavy atom. The second-order valence-electron chi connectivity index (χ2n) is 6.44. The molecule has 0 unspecified atom stereocenters. The molecular formula is C22H32ClN3S. The Morgan fingerprint density at radius 2 is 1.33 bits per heavy atom. The molecule has 2 aromatic carbocycles. The molecule has 2 rings (SSSR count). The molecule has 5 heteroatoms. The standard InChI is InChI=1S/C22H31N3S.ClH/c1-3-24(4-2)17-11-16-23-22(26)25(18-20-12-7-5-8-13-20)19-21-14-9-6-10-15-21;/h5-10,12-15H,3-4,11,16-19H2,1-2H3,(H,23,26);1H. The molecule has 0 saturated heterocycles. The van der Waals surface area contributed by atoms with Crippen LogP contribution in [0, 0.1) is 0 Å². The normalized spacial score (nSPS) is 10.3. The second kappa shape index (κ2) is 13.5. The molecule has 1 N–H and O–H groups in total. The maximum Gasteiger partial charge on any atom is 0.169 e. The number of hydrogen-bond donors (Lipinski definition) is 1. The van der Waals surface area contributed by atoms with Gasteiger partial charge in [-0.2, -0.15) is 0 Å². The fourth-order valence-corrected chi connectivity index (χ4v) is 3.19. The molecule has 0 heterocycles. The first-order chi connectivity index (χ1) is 12.7. The van der Waals surface area contributed by atoms with E-state index in [4.69, 9.17) is 12.2 Å². The van der Waals surface area contributed by atoms with Crippen LogP contribution in [0.1, 0.15) is 31.4 Å². The van der Waals surface area contributed by atoms with Crippen molar-refractivity contribution in [3.8, 4) is 0 Å². The van der Waals surface area contributed by atoms with Crippen molar-refractivity contribution in [2.24, 2.45) is 0 Å². The predicted octanol–water partition coefficient (Wildman–Crippen LogP) is 4.72. The largest absolute Gasteiger partial charge is 0.363 e. The minimum absolute atomic E-state index is 0. The van der Waals surface area contributed by atoms with Gasteiger partial charge in [0.1, 0.15) is 0 Å². The molecule has 0 fully saturated rings. The topological polar surface area (TPSA) is 18.5 Å². The molecule has 2 aromatic rings. The Hall–Kier alpha value is -1.62. The van der Waals surface area contributed by atoms with Gasteiger partial charge < -0.3 is 15.1 Å². The van der Waals surface area contributed by atoms with Gasteiger partial charge in [0.15, 0.2) is 5.11 Å². The van der Waals surface area contributed by atoms with Crippen molar-refractivity contribution >= 4 is 29.7 Å². The van der Waals surface area contributed by atoms with E-state index in [1.165, 1.54) is 11.1 Å². The first-order valence-electron chi connectivity index (χ1n) is 9.56. The third-order valence-corrected chi connectivity index (χ3v) is 4.94. The van der Waals surface area contributed by atoms with Crippen molar-refractivity contribution in [1.82, 2.24) is 15.1 Å². The third kappa shape index (κ3) is 8.74. The summed E-state index contributed by atoms with van der Waals surface area (Å²) in [7, 11) is 0. The maximum atomic E-state index is 5.71. The lowest BCUT2D eigenvalue weighted by Crippen LogP contribution is -2.40. The highest BCUT2D eigenvalue weighted by Gasteiger charge is 2.11. The summed E-state index contributed by atoms with van der Waals surface area (Å²) in [6, 6.07) is 21.0. The number of benzene rings is 2. The highest BCUT2D eigenvalue weighted by molar-refractivity contribution is 7.80. The van der Waals surface area contributed by atoms with Gasteiger partial charge in [0.2, 0.25) is 0 Å². The van der Waals surface area contributed by atoms with Crippen molar-refractivity contribution in [2.75, 3.05) is 26.2 Å². The van der Waals surface area contributed by atoms with Gasteiger partial charge in [-0.25, -0.2) is 0 Å². The molecule has 0 amide bonds. The average molecular weight is 406 g/mol. The van der Waals surface area contributed by atoms with E-state index in [0.29, 0.717) is 0 Å². The van der Waals surface area contributed by atoms with Gasteiger partial charge in [0.05, 0.1) is 0 Å². The van der Waals surface area contributed by atoms with E-state index in [-0.39, 0.29) is 12.4 Å². The first kappa shape index (κ1) is 23.4. The van der Waals surface area contributed by atoms with Gasteiger partial charge in [-0.05, 0) is 49.4 Å². The molecule has 0 aliphatic heterocycles. The van der Waals surface area contributed by atoms with Gasteiger partial charge in [0, 0.05) is 19.6 Å². The van der Waals surface area contributed by atoms with E-state index in [1.54, 1.807) is 0 Å². The second-order valence-corrected chi connectivity index (χ2v) is 6.83. The lowest BCUT2D eigenvalue weighted by atomic mass is 10.2. The van der Waals surface area contributed by atoms with Gasteiger partial charge >= 0.3 is 0 Å². The Labute approximate surface area is 176 Å². The van der Waals surface area contributed by atoms with Crippen LogP contribution >= 0.6 is 24.6 Å². The lowest BCUT2D eigenvalue weighted by Gasteiger charge is -2.27. The average Bonchev–Trinajstić information content (AvgIpc) is 2.69. The van der Waals surface area contributed by atoms with Gasteiger partial charge in [-0.1, -0.05) is 74.5 Å². The van der Waals surface area contributed by atoms with Crippen LogP contribution in [0.5, 0.6) is 0 Å². The fourth-order valence-electron chi connectivity index (χ4n) is 2.96. The molecule has 3 nitrogen and oxygen atoms in total. The van der Waals surface area contributed by atoms with Crippen molar-refractivity contribution in [2.45, 2.75) is 33.4 Å². The van der Waals surface area contributed by atoms with E-state index in [2.05, 4.69) is 89.6 Å². The number of hydrogen-bond acceptors (Lipinski definition) is 2. The van der Waals surface area contributed by atoms with Crippen LogP contribution in [0.3, 0.4) is 0 Å². The zero-order chi connectivity index (χ0) is 18.6. The van der Waals surface area contributed by atoms with Crippen LogP contribution in [0.2, 0.25) is 0 Å². The summed E-state index contributed by atoms with van der Waals surface area (Å²) < 4.78 is 0. The predicted molar refractivity (Wildman–Crippen MR) is 122 cm³/mol. The van der Waals surface area contributed by atoms with Crippen LogP contribution < -0.4 is 5.32 Å². The smallest absolute Gasteiger partial charge is 0.169 e. The summed E-state index contributed by atoms with van der Waals surface area (Å²) in [6.07, 6.45) is 1.10. The SMILES string of the molecule is CCN(CC)CCCNC(=S)N(Cc1ccccc1)Cc1ccccc1.Cl. The molecule has 0 spiro atoms. The molecule has 0 saturated carbocycles. The molecule has 0 aromatic heterocycles. The number of nitrogens with one attached hydrogen (secondary N) is 1. The molecule has 0 aliphatic rings. The van der Waals surface area contributed by atoms with Crippen molar-refractivity contribution < 1.29 is 0 Å². The highest BCUT2D eigenvalue weighted by atomic mass is 35.5. The highest BCUT2D eigenvalue weighted by Crippen LogP contribution is 2.10. The maximum absolute atomic E-state index is 5.71. The number of thiocarbonyl (C=S) groups is 1. The molecular weight excluding hydrogens is 374 g/mol. The summed E-state index contributed by atoms with van der Waals surface area (Å²) in [4.78, 5) is 4.69. The quantitative estimate of drug-likeness (QED) is 0.455. The molecule has 0 radical (unpaired) electrons. The Bertz CT molecular complexity index is 591. The van der Waals surface area contributed by atoms with E-state index in [9.17, 15) is 0 Å². The summed E-state index contributed by atoms with van der Waals surface area (Å²) in [5.74, 6) is 0. The Balaban J connectivity index is 0.00000364. The first-order valence-corrected chi connectivity index (χ1v) is 9.96. The Kier molecular flexibility index (Phi) is 11.7. The van der Waals surface area contributed by atoms with Gasteiger partial charge in [0.25, 0.3) is 0 Å². The monoisotopic (exact) mass is 405 g/mol. The van der Waals surface area contributed by atoms with E-state index in [1.807, 2.05) is 0 Å². The summed E-state index contributed by atoms with van der Waals surface area (Å²) in [5.41, 5.74) is 2.55. The zero-order valence-corrected chi connectivity index (χ0v) is 18.1. The molecule has 0 aliphatic carbocycles. The van der Waals surface area contributed by atoms with Gasteiger partial charge in [-0.3, -0.25) is 0 Å². The number of halogens is 1. The van der Waals surface area contributed by atoms with Crippen LogP contribution in [-0.4, -0.2) is 41.1 Å². The van der Waals surface area contributed by atoms with E-state index < -0.39 is 0 Å². The zero-order valence-electron chi connectivity index (χ0n) is 16.4. The summed E-state index contributed by atoms with van der Waals surface area (Å²) in [6.45, 7) is 10.3. The number of rotatable bonds is 10. The van der Waals surface area contributed by atoms with Crippen molar-refractivity contribution in [3.63, 3.8) is 0 Å². The molecule has 0 atom stereocenters. The molecule has 27 heavy (non-hydrogen) atoms. The minimum atomic E-state index is 0.